The first kappa shape index (κ1) is 16.5. The van der Waals surface area contributed by atoms with Gasteiger partial charge in [-0.05, 0) is 0 Å². The second-order valence-electron chi connectivity index (χ2n) is 3.52. The van der Waals surface area contributed by atoms with Crippen molar-refractivity contribution in [3.63, 3.8) is 0 Å². The molecule has 0 bridgehead atoms. The zero-order chi connectivity index (χ0) is 15.3. The molecule has 0 N–H and O–H groups in total. The smallest absolute Gasteiger partial charge is 0.494 e. The summed E-state index contributed by atoms with van der Waals surface area (Å²) in [5.41, 5.74) is 0.280. The Balaban J connectivity index is 3.31. The highest BCUT2D eigenvalue weighted by Crippen LogP contribution is 2.35. The minimum Gasteiger partial charge on any atom is -0.494 e. The van der Waals surface area contributed by atoms with Crippen LogP contribution in [-0.2, 0) is 21.3 Å². The number of methoxy groups -OCH3 is 2. The molecule has 0 spiro atoms. The van der Waals surface area contributed by atoms with Crippen molar-refractivity contribution in [1.82, 2.24) is 4.98 Å². The molecule has 20 heavy (non-hydrogen) atoms. The Hall–Kier alpha value is -1.51. The van der Waals surface area contributed by atoms with Crippen molar-refractivity contribution in [1.29, 1.82) is 0 Å². The molecule has 0 saturated carbocycles. The van der Waals surface area contributed by atoms with Crippen LogP contribution in [-0.4, -0.2) is 31.5 Å². The molecule has 1 rings (SSSR count). The van der Waals surface area contributed by atoms with Gasteiger partial charge < -0.3 is 14.2 Å². The predicted octanol–water partition coefficient (Wildman–Crippen LogP) is 2.60. The molecule has 0 aliphatic rings. The number of carbonyl (C=O) groups is 1. The number of carbonyl (C=O) groups excluding carboxylic acids is 1. The fourth-order valence-corrected chi connectivity index (χ4v) is 1.89. The SMILES string of the molecule is COC(=O)Cc1c(OC(F)(F)F)cnc(CBr)c1OC. The number of alkyl halides is 4. The van der Waals surface area contributed by atoms with E-state index in [1.807, 2.05) is 0 Å². The fourth-order valence-electron chi connectivity index (χ4n) is 1.49. The number of aromatic nitrogens is 1. The van der Waals surface area contributed by atoms with E-state index in [-0.39, 0.29) is 16.6 Å². The zero-order valence-corrected chi connectivity index (χ0v) is 12.2. The molecule has 0 saturated heterocycles. The van der Waals surface area contributed by atoms with E-state index in [1.54, 1.807) is 0 Å². The van der Waals surface area contributed by atoms with Crippen LogP contribution in [0.25, 0.3) is 0 Å². The number of hydrogen-bond acceptors (Lipinski definition) is 5. The minimum atomic E-state index is -4.90. The summed E-state index contributed by atoms with van der Waals surface area (Å²) < 4.78 is 50.4. The molecule has 5 nitrogen and oxygen atoms in total. The monoisotopic (exact) mass is 357 g/mol. The number of rotatable bonds is 5. The number of halogens is 4. The molecule has 0 amide bonds. The molecule has 0 aliphatic heterocycles. The fraction of sp³-hybridized carbons (Fsp3) is 0.455. The lowest BCUT2D eigenvalue weighted by Crippen LogP contribution is -2.20. The number of hydrogen-bond donors (Lipinski definition) is 0. The molecule has 1 heterocycles. The van der Waals surface area contributed by atoms with E-state index in [2.05, 4.69) is 30.4 Å². The van der Waals surface area contributed by atoms with Crippen LogP contribution in [0.5, 0.6) is 11.5 Å². The van der Waals surface area contributed by atoms with Gasteiger partial charge in [0, 0.05) is 5.33 Å². The lowest BCUT2D eigenvalue weighted by atomic mass is 10.1. The maximum absolute atomic E-state index is 12.3. The average molecular weight is 358 g/mol. The Labute approximate surface area is 121 Å². The molecule has 1 aromatic rings. The molecular formula is C11H11BrF3NO4. The lowest BCUT2D eigenvalue weighted by Gasteiger charge is -2.16. The molecule has 9 heteroatoms. The first-order chi connectivity index (χ1) is 9.32. The molecule has 0 atom stereocenters. The van der Waals surface area contributed by atoms with Gasteiger partial charge in [0.2, 0.25) is 0 Å². The Morgan fingerprint density at radius 2 is 2.05 bits per heavy atom. The van der Waals surface area contributed by atoms with Crippen LogP contribution in [0.1, 0.15) is 11.3 Å². The standard InChI is InChI=1S/C11H11BrF3NO4/c1-18-9(17)3-6-8(20-11(13,14)15)5-16-7(4-12)10(6)19-2/h5H,3-4H2,1-2H3. The van der Waals surface area contributed by atoms with Crippen LogP contribution in [0, 0.1) is 0 Å². The highest BCUT2D eigenvalue weighted by Gasteiger charge is 2.34. The van der Waals surface area contributed by atoms with Crippen LogP contribution < -0.4 is 9.47 Å². The summed E-state index contributed by atoms with van der Waals surface area (Å²) in [7, 11) is 2.40. The summed E-state index contributed by atoms with van der Waals surface area (Å²) >= 11 is 3.13. The highest BCUT2D eigenvalue weighted by molar-refractivity contribution is 9.08. The van der Waals surface area contributed by atoms with E-state index < -0.39 is 24.5 Å². The number of ether oxygens (including phenoxy) is 3. The summed E-state index contributed by atoms with van der Waals surface area (Å²) in [4.78, 5) is 15.1. The topological polar surface area (TPSA) is 57.7 Å². The average Bonchev–Trinajstić information content (AvgIpc) is 2.38. The van der Waals surface area contributed by atoms with Gasteiger partial charge in [-0.15, -0.1) is 13.2 Å². The van der Waals surface area contributed by atoms with E-state index in [9.17, 15) is 18.0 Å². The van der Waals surface area contributed by atoms with Gasteiger partial charge in [-0.3, -0.25) is 9.78 Å². The lowest BCUT2D eigenvalue weighted by molar-refractivity contribution is -0.275. The molecular weight excluding hydrogens is 347 g/mol. The van der Waals surface area contributed by atoms with Crippen LogP contribution in [0.4, 0.5) is 13.2 Å². The van der Waals surface area contributed by atoms with Gasteiger partial charge in [0.1, 0.15) is 5.75 Å². The molecule has 0 aliphatic carbocycles. The van der Waals surface area contributed by atoms with Gasteiger partial charge in [0.05, 0.1) is 38.1 Å². The molecule has 112 valence electrons. The van der Waals surface area contributed by atoms with Crippen LogP contribution in [0.2, 0.25) is 0 Å². The summed E-state index contributed by atoms with van der Waals surface area (Å²) in [6.45, 7) is 0. The largest absolute Gasteiger partial charge is 0.573 e. The van der Waals surface area contributed by atoms with Gasteiger partial charge in [-0.2, -0.15) is 0 Å². The van der Waals surface area contributed by atoms with Crippen molar-refractivity contribution < 1.29 is 32.2 Å². The van der Waals surface area contributed by atoms with E-state index in [0.717, 1.165) is 13.3 Å². The minimum absolute atomic E-state index is 0.0500. The van der Waals surface area contributed by atoms with Crippen molar-refractivity contribution in [3.8, 4) is 11.5 Å². The second-order valence-corrected chi connectivity index (χ2v) is 4.08. The summed E-state index contributed by atoms with van der Waals surface area (Å²) in [5.74, 6) is -1.26. The van der Waals surface area contributed by atoms with E-state index in [0.29, 0.717) is 5.69 Å². The normalized spacial score (nSPS) is 11.1. The zero-order valence-electron chi connectivity index (χ0n) is 10.6. The number of pyridine rings is 1. The van der Waals surface area contributed by atoms with Crippen molar-refractivity contribution in [2.75, 3.05) is 14.2 Å². The van der Waals surface area contributed by atoms with Crippen molar-refractivity contribution in [2.45, 2.75) is 18.1 Å². The number of esters is 1. The van der Waals surface area contributed by atoms with Crippen LogP contribution >= 0.6 is 15.9 Å². The Morgan fingerprint density at radius 1 is 1.40 bits per heavy atom. The second kappa shape index (κ2) is 6.78. The van der Waals surface area contributed by atoms with Gasteiger partial charge in [-0.25, -0.2) is 0 Å². The Kier molecular flexibility index (Phi) is 5.61. The summed E-state index contributed by atoms with van der Waals surface area (Å²) in [5, 5.41) is 0.247. The molecule has 0 unspecified atom stereocenters. The van der Waals surface area contributed by atoms with Gasteiger partial charge in [0.15, 0.2) is 5.75 Å². The molecule has 1 aromatic heterocycles. The van der Waals surface area contributed by atoms with Crippen molar-refractivity contribution >= 4 is 21.9 Å². The summed E-state index contributed by atoms with van der Waals surface area (Å²) in [6, 6.07) is 0. The Morgan fingerprint density at radius 3 is 2.50 bits per heavy atom. The van der Waals surface area contributed by atoms with E-state index in [4.69, 9.17) is 4.74 Å². The maximum atomic E-state index is 12.3. The molecule has 0 fully saturated rings. The Bertz CT molecular complexity index is 493. The van der Waals surface area contributed by atoms with Gasteiger partial charge in [0.25, 0.3) is 0 Å². The van der Waals surface area contributed by atoms with Crippen molar-refractivity contribution in [2.24, 2.45) is 0 Å². The third-order valence-electron chi connectivity index (χ3n) is 2.28. The first-order valence-electron chi connectivity index (χ1n) is 5.25. The van der Waals surface area contributed by atoms with Gasteiger partial charge in [-0.1, -0.05) is 15.9 Å². The molecule has 0 radical (unpaired) electrons. The number of nitrogens with zero attached hydrogens (tertiary/aromatic N) is 1. The predicted molar refractivity (Wildman–Crippen MR) is 65.8 cm³/mol. The highest BCUT2D eigenvalue weighted by atomic mass is 79.9. The van der Waals surface area contributed by atoms with Gasteiger partial charge >= 0.3 is 12.3 Å². The quantitative estimate of drug-likeness (QED) is 0.598. The molecule has 0 aromatic carbocycles. The maximum Gasteiger partial charge on any atom is 0.573 e. The van der Waals surface area contributed by atoms with E-state index >= 15 is 0 Å². The third-order valence-corrected chi connectivity index (χ3v) is 2.81. The first-order valence-corrected chi connectivity index (χ1v) is 6.37. The third kappa shape index (κ3) is 4.26. The van der Waals surface area contributed by atoms with E-state index in [1.165, 1.54) is 7.11 Å². The van der Waals surface area contributed by atoms with Crippen LogP contribution in [0.15, 0.2) is 6.20 Å². The van der Waals surface area contributed by atoms with Crippen molar-refractivity contribution in [3.05, 3.63) is 17.5 Å². The van der Waals surface area contributed by atoms with Crippen LogP contribution in [0.3, 0.4) is 0 Å². The summed E-state index contributed by atoms with van der Waals surface area (Å²) in [6.07, 6.45) is -4.42.